The second kappa shape index (κ2) is 2.92. The molecule has 0 N–H and O–H groups in total. The van der Waals surface area contributed by atoms with E-state index in [0.717, 1.165) is 3.57 Å². The molecule has 0 spiro atoms. The minimum absolute atomic E-state index is 0.456. The second-order valence-corrected chi connectivity index (χ2v) is 3.32. The molecule has 9 heavy (non-hydrogen) atoms. The molecule has 0 saturated carbocycles. The van der Waals surface area contributed by atoms with Crippen molar-refractivity contribution in [3.63, 3.8) is 0 Å². The number of hydrogen-bond acceptors (Lipinski definition) is 1. The maximum absolute atomic E-state index is 12.2. The fourth-order valence-electron chi connectivity index (χ4n) is 0.395. The largest absolute Gasteiger partial charge is 0.213 e. The minimum Gasteiger partial charge on any atom is -0.212 e. The van der Waals surface area contributed by atoms with Gasteiger partial charge in [-0.3, -0.25) is 0 Å². The highest BCUT2D eigenvalue weighted by Crippen LogP contribution is 2.15. The Hall–Kier alpha value is 0.290. The van der Waals surface area contributed by atoms with Gasteiger partial charge in [0.1, 0.15) is 4.60 Å². The van der Waals surface area contributed by atoms with Crippen molar-refractivity contribution in [2.75, 3.05) is 0 Å². The van der Waals surface area contributed by atoms with Gasteiger partial charge in [0, 0.05) is 3.57 Å². The third kappa shape index (κ3) is 1.86. The maximum Gasteiger partial charge on any atom is 0.213 e. The standard InChI is InChI=1S/C5H2BrFIN/c6-5-3(8)1-2-4(7)9-5/h1-2H. The molecule has 1 aromatic rings. The third-order valence-electron chi connectivity index (χ3n) is 0.769. The average molecular weight is 302 g/mol. The lowest BCUT2D eigenvalue weighted by atomic mass is 10.5. The predicted molar refractivity (Wildman–Crippen MR) is 44.6 cm³/mol. The minimum atomic E-state index is -0.456. The summed E-state index contributed by atoms with van der Waals surface area (Å²) >= 11 is 5.15. The highest BCUT2D eigenvalue weighted by Gasteiger charge is 1.96. The third-order valence-corrected chi connectivity index (χ3v) is 2.99. The van der Waals surface area contributed by atoms with Crippen LogP contribution in [0.5, 0.6) is 0 Å². The molecule has 0 aliphatic carbocycles. The normalized spacial score (nSPS) is 9.67. The molecule has 1 aromatic heterocycles. The van der Waals surface area contributed by atoms with E-state index in [0.29, 0.717) is 4.60 Å². The number of pyridine rings is 1. The Kier molecular flexibility index (Phi) is 2.40. The molecule has 48 valence electrons. The number of nitrogens with zero attached hydrogens (tertiary/aromatic N) is 1. The molecule has 1 heterocycles. The summed E-state index contributed by atoms with van der Waals surface area (Å²) in [6, 6.07) is 2.99. The predicted octanol–water partition coefficient (Wildman–Crippen LogP) is 2.59. The molecule has 0 bridgehead atoms. The van der Waals surface area contributed by atoms with Crippen LogP contribution in [0.25, 0.3) is 0 Å². The monoisotopic (exact) mass is 301 g/mol. The highest BCUT2D eigenvalue weighted by molar-refractivity contribution is 14.1. The molecule has 0 amide bonds. The first-order valence-corrected chi connectivity index (χ1v) is 4.05. The molecule has 0 saturated heterocycles. The molecule has 0 aliphatic heterocycles. The fourth-order valence-corrected chi connectivity index (χ4v) is 0.997. The average Bonchev–Trinajstić information content (AvgIpc) is 1.80. The van der Waals surface area contributed by atoms with Crippen LogP contribution in [-0.4, -0.2) is 4.98 Å². The van der Waals surface area contributed by atoms with Crippen molar-refractivity contribution in [1.82, 2.24) is 4.98 Å². The van der Waals surface area contributed by atoms with Gasteiger partial charge in [-0.2, -0.15) is 4.39 Å². The number of aromatic nitrogens is 1. The Morgan fingerprint density at radius 1 is 1.56 bits per heavy atom. The van der Waals surface area contributed by atoms with Gasteiger partial charge >= 0.3 is 0 Å². The molecule has 0 fully saturated rings. The highest BCUT2D eigenvalue weighted by atomic mass is 127. The summed E-state index contributed by atoms with van der Waals surface area (Å²) in [4.78, 5) is 3.52. The zero-order valence-electron chi connectivity index (χ0n) is 4.24. The Bertz CT molecular complexity index is 228. The maximum atomic E-state index is 12.2. The van der Waals surface area contributed by atoms with E-state index in [1.807, 2.05) is 0 Å². The van der Waals surface area contributed by atoms with Crippen molar-refractivity contribution < 1.29 is 4.39 Å². The SMILES string of the molecule is Fc1ccc(I)c(Br)n1. The van der Waals surface area contributed by atoms with Gasteiger partial charge in [-0.25, -0.2) is 4.98 Å². The Balaban J connectivity index is 3.17. The van der Waals surface area contributed by atoms with E-state index in [1.54, 1.807) is 6.07 Å². The van der Waals surface area contributed by atoms with Gasteiger partial charge in [0.15, 0.2) is 0 Å². The van der Waals surface area contributed by atoms with E-state index in [9.17, 15) is 4.39 Å². The van der Waals surface area contributed by atoms with E-state index in [2.05, 4.69) is 43.5 Å². The van der Waals surface area contributed by atoms with E-state index < -0.39 is 5.95 Å². The number of hydrogen-bond donors (Lipinski definition) is 0. The van der Waals surface area contributed by atoms with Crippen LogP contribution in [0.2, 0.25) is 0 Å². The molecule has 0 aliphatic rings. The lowest BCUT2D eigenvalue weighted by Gasteiger charge is -1.91. The molecular formula is C5H2BrFIN. The smallest absolute Gasteiger partial charge is 0.212 e. The summed E-state index contributed by atoms with van der Waals surface area (Å²) in [6.07, 6.45) is 0. The molecular weight excluding hydrogens is 300 g/mol. The first kappa shape index (κ1) is 7.40. The van der Waals surface area contributed by atoms with Gasteiger partial charge in [0.05, 0.1) is 0 Å². The molecule has 1 rings (SSSR count). The lowest BCUT2D eigenvalue weighted by Crippen LogP contribution is -1.84. The van der Waals surface area contributed by atoms with Gasteiger partial charge in [-0.05, 0) is 50.7 Å². The van der Waals surface area contributed by atoms with Crippen LogP contribution in [0.4, 0.5) is 4.39 Å². The van der Waals surface area contributed by atoms with Crippen molar-refractivity contribution in [3.8, 4) is 0 Å². The van der Waals surface area contributed by atoms with Crippen LogP contribution in [-0.2, 0) is 0 Å². The summed E-state index contributed by atoms with van der Waals surface area (Å²) in [5, 5.41) is 0. The van der Waals surface area contributed by atoms with Gasteiger partial charge in [0.25, 0.3) is 0 Å². The van der Waals surface area contributed by atoms with Crippen LogP contribution in [0.1, 0.15) is 0 Å². The summed E-state index contributed by atoms with van der Waals surface area (Å²) in [6.45, 7) is 0. The molecule has 0 unspecified atom stereocenters. The molecule has 0 atom stereocenters. The zero-order chi connectivity index (χ0) is 6.85. The number of rotatable bonds is 0. The molecule has 4 heteroatoms. The van der Waals surface area contributed by atoms with Crippen molar-refractivity contribution in [1.29, 1.82) is 0 Å². The van der Waals surface area contributed by atoms with Crippen molar-refractivity contribution >= 4 is 38.5 Å². The lowest BCUT2D eigenvalue weighted by molar-refractivity contribution is 0.580. The van der Waals surface area contributed by atoms with E-state index in [1.165, 1.54) is 6.07 Å². The molecule has 0 aromatic carbocycles. The summed E-state index contributed by atoms with van der Waals surface area (Å²) in [5.41, 5.74) is 0. The van der Waals surface area contributed by atoms with E-state index in [4.69, 9.17) is 0 Å². The zero-order valence-corrected chi connectivity index (χ0v) is 7.98. The Morgan fingerprint density at radius 2 is 2.22 bits per heavy atom. The molecule has 0 radical (unpaired) electrons. The van der Waals surface area contributed by atoms with Crippen LogP contribution < -0.4 is 0 Å². The number of halogens is 3. The van der Waals surface area contributed by atoms with Crippen LogP contribution >= 0.6 is 38.5 Å². The quantitative estimate of drug-likeness (QED) is 0.530. The van der Waals surface area contributed by atoms with Crippen molar-refractivity contribution in [2.24, 2.45) is 0 Å². The van der Waals surface area contributed by atoms with Gasteiger partial charge in [-0.15, -0.1) is 0 Å². The van der Waals surface area contributed by atoms with Crippen LogP contribution in [0.3, 0.4) is 0 Å². The van der Waals surface area contributed by atoms with Gasteiger partial charge in [0.2, 0.25) is 5.95 Å². The molecule has 1 nitrogen and oxygen atoms in total. The van der Waals surface area contributed by atoms with Gasteiger partial charge < -0.3 is 0 Å². The van der Waals surface area contributed by atoms with Crippen LogP contribution in [0, 0.1) is 9.52 Å². The summed E-state index contributed by atoms with van der Waals surface area (Å²) in [7, 11) is 0. The first-order chi connectivity index (χ1) is 4.20. The van der Waals surface area contributed by atoms with Crippen molar-refractivity contribution in [3.05, 3.63) is 26.3 Å². The van der Waals surface area contributed by atoms with Gasteiger partial charge in [-0.1, -0.05) is 0 Å². The summed E-state index contributed by atoms with van der Waals surface area (Å²) in [5.74, 6) is -0.456. The first-order valence-electron chi connectivity index (χ1n) is 2.17. The second-order valence-electron chi connectivity index (χ2n) is 1.41. The fraction of sp³-hybridized carbons (Fsp3) is 0. The Labute approximate surface area is 73.9 Å². The van der Waals surface area contributed by atoms with E-state index >= 15 is 0 Å². The van der Waals surface area contributed by atoms with E-state index in [-0.39, 0.29) is 0 Å². The van der Waals surface area contributed by atoms with Crippen LogP contribution in [0.15, 0.2) is 16.7 Å². The van der Waals surface area contributed by atoms with Crippen molar-refractivity contribution in [2.45, 2.75) is 0 Å². The summed E-state index contributed by atoms with van der Waals surface area (Å²) < 4.78 is 13.7. The topological polar surface area (TPSA) is 12.9 Å². The Morgan fingerprint density at radius 3 is 2.67 bits per heavy atom.